The quantitative estimate of drug-likeness (QED) is 0.0514. The fraction of sp³-hybridized carbons (Fsp3) is 0.425. The van der Waals surface area contributed by atoms with Gasteiger partial charge in [-0.2, -0.15) is 0 Å². The summed E-state index contributed by atoms with van der Waals surface area (Å²) >= 11 is 14.1. The number of aromatic carboxylic acids is 4. The second-order valence-electron chi connectivity index (χ2n) is 26.0. The second kappa shape index (κ2) is 26.0. The Morgan fingerprint density at radius 2 is 1.02 bits per heavy atom. The highest BCUT2D eigenvalue weighted by Gasteiger charge is 2.60. The zero-order valence-corrected chi connectivity index (χ0v) is 51.1. The first-order valence-electron chi connectivity index (χ1n) is 30.7. The van der Waals surface area contributed by atoms with E-state index in [1.54, 1.807) is 60.7 Å². The topological polar surface area (TPSA) is 168 Å². The van der Waals surface area contributed by atoms with Gasteiger partial charge in [-0.1, -0.05) is 156 Å². The molecule has 4 aliphatic carbocycles. The summed E-state index contributed by atoms with van der Waals surface area (Å²) in [4.78, 5) is 49.2. The lowest BCUT2D eigenvalue weighted by atomic mass is 9.44. The van der Waals surface area contributed by atoms with Crippen LogP contribution in [-0.4, -0.2) is 44.3 Å². The number of carboxylic acid groups (broad SMARTS) is 4. The van der Waals surface area contributed by atoms with E-state index in [9.17, 15) is 39.6 Å². The highest BCUT2D eigenvalue weighted by molar-refractivity contribution is 6.33. The SMILES string of the molecule is CC(C)CCCC(C)[C@H]1CCC2C3CCC4C[C@@H](CCC=C(c5cc(Cl)c(OCc6ccc(-c7ccc(C(=O)O)cc7)cc6)c(C(=O)O)c5)c5cc(Cl)c(OCc6ccc(-c7ccc(C(=O)O)cc7)cc6)c(C(=O)O)c5)CC[C@]4(C)C3CC[C@@]21C. The van der Waals surface area contributed by atoms with Crippen LogP contribution in [0.1, 0.15) is 188 Å². The van der Waals surface area contributed by atoms with Gasteiger partial charge in [-0.15, -0.1) is 0 Å². The Kier molecular flexibility index (Phi) is 18.7. The van der Waals surface area contributed by atoms with Crippen molar-refractivity contribution in [3.8, 4) is 33.8 Å². The molecule has 0 radical (unpaired) electrons. The second-order valence-corrected chi connectivity index (χ2v) is 26.9. The van der Waals surface area contributed by atoms with Gasteiger partial charge in [0.05, 0.1) is 21.2 Å². The van der Waals surface area contributed by atoms with Gasteiger partial charge < -0.3 is 29.9 Å². The maximum atomic E-state index is 13.2. The van der Waals surface area contributed by atoms with E-state index in [2.05, 4.69) is 40.7 Å². The van der Waals surface area contributed by atoms with Crippen molar-refractivity contribution in [1.29, 1.82) is 0 Å². The Hall–Kier alpha value is -6.88. The molecule has 10 rings (SSSR count). The maximum Gasteiger partial charge on any atom is 0.339 e. The van der Waals surface area contributed by atoms with E-state index in [1.165, 1.54) is 82.8 Å². The zero-order chi connectivity index (χ0) is 60.3. The fourth-order valence-corrected chi connectivity index (χ4v) is 16.7. The Morgan fingerprint density at radius 3 is 1.49 bits per heavy atom. The van der Waals surface area contributed by atoms with Crippen LogP contribution in [0.25, 0.3) is 27.8 Å². The van der Waals surface area contributed by atoms with Gasteiger partial charge in [-0.05, 0) is 227 Å². The molecular formula is C73H80Cl2O10. The Bertz CT molecular complexity index is 3270. The number of allylic oxidation sites excluding steroid dienone is 1. The van der Waals surface area contributed by atoms with E-state index in [-0.39, 0.29) is 57.0 Å². The van der Waals surface area contributed by atoms with Crippen LogP contribution in [0.4, 0.5) is 0 Å². The third kappa shape index (κ3) is 13.3. The van der Waals surface area contributed by atoms with Gasteiger partial charge >= 0.3 is 23.9 Å². The predicted molar refractivity (Wildman–Crippen MR) is 336 cm³/mol. The number of rotatable bonds is 22. The summed E-state index contributed by atoms with van der Waals surface area (Å²) in [5, 5.41) is 40.3. The molecule has 0 spiro atoms. The monoisotopic (exact) mass is 1190 g/mol. The molecule has 0 aliphatic heterocycles. The average Bonchev–Trinajstić information content (AvgIpc) is 1.77. The number of hydrogen-bond donors (Lipinski definition) is 4. The highest BCUT2D eigenvalue weighted by atomic mass is 35.5. The largest absolute Gasteiger partial charge is 0.486 e. The standard InChI is InChI=1S/C73H80Cl2O10/c1-43(2)8-6-9-44(3)61-30-31-62-58-29-28-56-36-45(32-34-72(56,4)63(58)33-35-73(61,62)5)10-7-11-57(54-37-59(70(80)81)66(64(74)39-54)84-41-46-12-16-48(17-13-46)50-20-24-52(25-21-50)68(76)77)55-38-60(71(82)83)67(65(75)40-55)85-42-47-14-18-49(19-15-47)51-22-26-53(27-23-51)69(78)79/h11-27,37-40,43-45,56,58,61-63H,6-10,28-36,41-42H2,1-5H3,(H,76,77)(H,78,79)(H,80,81)(H,82,83)/t44?,45-,56?,58?,61+,62?,63?,72-,73+/m0/s1. The number of ether oxygens (including phenoxy) is 2. The van der Waals surface area contributed by atoms with Crippen LogP contribution in [0.15, 0.2) is 127 Å². The molecule has 5 unspecified atom stereocenters. The van der Waals surface area contributed by atoms with Crippen molar-refractivity contribution in [2.24, 2.45) is 58.2 Å². The first kappa shape index (κ1) is 61.2. The zero-order valence-electron chi connectivity index (χ0n) is 49.6. The van der Waals surface area contributed by atoms with Gasteiger partial charge in [0.2, 0.25) is 0 Å². The Morgan fingerprint density at radius 1 is 0.553 bits per heavy atom. The van der Waals surface area contributed by atoms with Gasteiger partial charge in [-0.25, -0.2) is 19.2 Å². The molecule has 0 heterocycles. The van der Waals surface area contributed by atoms with Crippen LogP contribution in [-0.2, 0) is 13.2 Å². The van der Waals surface area contributed by atoms with Crippen LogP contribution in [0.5, 0.6) is 11.5 Å². The number of hydrogen-bond acceptors (Lipinski definition) is 6. The van der Waals surface area contributed by atoms with Gasteiger partial charge in [0.1, 0.15) is 24.3 Å². The van der Waals surface area contributed by atoms with Gasteiger partial charge in [0, 0.05) is 0 Å². The van der Waals surface area contributed by atoms with Crippen molar-refractivity contribution < 1.29 is 49.1 Å². The van der Waals surface area contributed by atoms with E-state index in [0.29, 0.717) is 45.8 Å². The molecule has 0 bridgehead atoms. The molecular weight excluding hydrogens is 1110 g/mol. The minimum Gasteiger partial charge on any atom is -0.486 e. The lowest BCUT2D eigenvalue weighted by Crippen LogP contribution is -2.53. The molecule has 0 amide bonds. The van der Waals surface area contributed by atoms with Gasteiger partial charge in [0.15, 0.2) is 11.5 Å². The van der Waals surface area contributed by atoms with Crippen molar-refractivity contribution in [3.05, 3.63) is 182 Å². The first-order chi connectivity index (χ1) is 40.7. The highest BCUT2D eigenvalue weighted by Crippen LogP contribution is 2.69. The summed E-state index contributed by atoms with van der Waals surface area (Å²) in [6.07, 6.45) is 19.4. The number of carbonyl (C=O) groups is 4. The lowest BCUT2D eigenvalue weighted by molar-refractivity contribution is -0.121. The van der Waals surface area contributed by atoms with Crippen molar-refractivity contribution >= 4 is 52.7 Å². The molecule has 12 heteroatoms. The molecule has 85 heavy (non-hydrogen) atoms. The molecule has 0 aromatic heterocycles. The van der Waals surface area contributed by atoms with Crippen molar-refractivity contribution in [2.45, 2.75) is 138 Å². The molecule has 4 N–H and O–H groups in total. The number of benzene rings is 6. The van der Waals surface area contributed by atoms with Crippen molar-refractivity contribution in [3.63, 3.8) is 0 Å². The molecule has 4 saturated carbocycles. The Balaban J connectivity index is 0.885. The average molecular weight is 1190 g/mol. The van der Waals surface area contributed by atoms with E-state index in [0.717, 1.165) is 81.7 Å². The minimum atomic E-state index is -1.25. The molecule has 6 aromatic rings. The number of carboxylic acids is 4. The smallest absolute Gasteiger partial charge is 0.339 e. The molecule has 4 fully saturated rings. The first-order valence-corrected chi connectivity index (χ1v) is 31.4. The predicted octanol–water partition coefficient (Wildman–Crippen LogP) is 19.2. The van der Waals surface area contributed by atoms with E-state index >= 15 is 0 Å². The van der Waals surface area contributed by atoms with E-state index in [1.807, 2.05) is 48.5 Å². The Labute approximate surface area is 510 Å². The molecule has 446 valence electrons. The van der Waals surface area contributed by atoms with Gasteiger partial charge in [0.25, 0.3) is 0 Å². The molecule has 10 nitrogen and oxygen atoms in total. The third-order valence-corrected chi connectivity index (χ3v) is 21.2. The summed E-state index contributed by atoms with van der Waals surface area (Å²) in [6, 6.07) is 34.5. The van der Waals surface area contributed by atoms with E-state index in [4.69, 9.17) is 32.7 Å². The third-order valence-electron chi connectivity index (χ3n) is 20.7. The molecule has 6 aromatic carbocycles. The summed E-state index contributed by atoms with van der Waals surface area (Å²) < 4.78 is 12.4. The number of fused-ring (bicyclic) bond motifs is 5. The molecule has 4 aliphatic rings. The molecule has 0 saturated heterocycles. The van der Waals surface area contributed by atoms with Crippen molar-refractivity contribution in [1.82, 2.24) is 0 Å². The van der Waals surface area contributed by atoms with Crippen LogP contribution < -0.4 is 9.47 Å². The van der Waals surface area contributed by atoms with Crippen LogP contribution in [0.3, 0.4) is 0 Å². The van der Waals surface area contributed by atoms with Crippen LogP contribution >= 0.6 is 23.2 Å². The van der Waals surface area contributed by atoms with Gasteiger partial charge in [-0.3, -0.25) is 0 Å². The lowest BCUT2D eigenvalue weighted by Gasteiger charge is -2.61. The van der Waals surface area contributed by atoms with E-state index < -0.39 is 23.9 Å². The summed E-state index contributed by atoms with van der Waals surface area (Å²) in [6.45, 7) is 12.6. The summed E-state index contributed by atoms with van der Waals surface area (Å²) in [5.74, 6) is 1.49. The van der Waals surface area contributed by atoms with Crippen LogP contribution in [0, 0.1) is 58.2 Å². The normalized spacial score (nSPS) is 23.7. The fourth-order valence-electron chi connectivity index (χ4n) is 16.1. The molecule has 9 atom stereocenters. The van der Waals surface area contributed by atoms with Crippen molar-refractivity contribution in [2.75, 3.05) is 0 Å². The van der Waals surface area contributed by atoms with Crippen LogP contribution in [0.2, 0.25) is 10.0 Å². The summed E-state index contributed by atoms with van der Waals surface area (Å²) in [5.41, 5.74) is 7.28. The number of halogens is 2. The minimum absolute atomic E-state index is 0.00701. The maximum absolute atomic E-state index is 13.2. The summed E-state index contributed by atoms with van der Waals surface area (Å²) in [7, 11) is 0.